The van der Waals surface area contributed by atoms with Crippen molar-refractivity contribution in [1.29, 1.82) is 0 Å². The molecule has 1 aliphatic carbocycles. The number of fused-ring (bicyclic) bond motifs is 1. The maximum absolute atomic E-state index is 12.7. The fraction of sp³-hybridized carbons (Fsp3) is 0.611. The SMILES string of the molecule is CN1CCCN(C)C(C(=O)Cc2ccc3c(c2)CCC3)C1. The number of Topliss-reactive ketones (excluding diaryl/α,β-unsaturated/α-hetero) is 1. The van der Waals surface area contributed by atoms with E-state index in [2.05, 4.69) is 42.1 Å². The van der Waals surface area contributed by atoms with Crippen LogP contribution < -0.4 is 0 Å². The van der Waals surface area contributed by atoms with Gasteiger partial charge in [0.25, 0.3) is 0 Å². The molecule has 0 bridgehead atoms. The summed E-state index contributed by atoms with van der Waals surface area (Å²) in [7, 11) is 4.21. The normalized spacial score (nSPS) is 23.8. The zero-order chi connectivity index (χ0) is 14.8. The first-order valence-electron chi connectivity index (χ1n) is 8.15. The highest BCUT2D eigenvalue weighted by molar-refractivity contribution is 5.86. The Balaban J connectivity index is 1.70. The maximum atomic E-state index is 12.7. The molecular formula is C18H26N2O. The van der Waals surface area contributed by atoms with Crippen molar-refractivity contribution in [3.05, 3.63) is 34.9 Å². The lowest BCUT2D eigenvalue weighted by molar-refractivity contribution is -0.123. The Bertz CT molecular complexity index is 526. The molecule has 0 N–H and O–H groups in total. The van der Waals surface area contributed by atoms with Crippen molar-refractivity contribution in [2.24, 2.45) is 0 Å². The first-order valence-corrected chi connectivity index (χ1v) is 8.15. The van der Waals surface area contributed by atoms with Crippen molar-refractivity contribution in [3.8, 4) is 0 Å². The number of hydrogen-bond donors (Lipinski definition) is 0. The summed E-state index contributed by atoms with van der Waals surface area (Å²) in [5.41, 5.74) is 4.14. The van der Waals surface area contributed by atoms with Crippen molar-refractivity contribution in [3.63, 3.8) is 0 Å². The van der Waals surface area contributed by atoms with E-state index < -0.39 is 0 Å². The number of likely N-dealkylation sites (N-methyl/N-ethyl adjacent to an activating group) is 2. The van der Waals surface area contributed by atoms with E-state index >= 15 is 0 Å². The van der Waals surface area contributed by atoms with Gasteiger partial charge in [0, 0.05) is 13.0 Å². The van der Waals surface area contributed by atoms with Gasteiger partial charge in [0.2, 0.25) is 0 Å². The topological polar surface area (TPSA) is 23.6 Å². The van der Waals surface area contributed by atoms with Crippen molar-refractivity contribution in [1.82, 2.24) is 9.80 Å². The van der Waals surface area contributed by atoms with Crippen LogP contribution in [0.25, 0.3) is 0 Å². The van der Waals surface area contributed by atoms with Gasteiger partial charge in [-0.15, -0.1) is 0 Å². The van der Waals surface area contributed by atoms with Gasteiger partial charge in [-0.25, -0.2) is 0 Å². The van der Waals surface area contributed by atoms with E-state index in [0.717, 1.165) is 26.1 Å². The molecule has 3 rings (SSSR count). The summed E-state index contributed by atoms with van der Waals surface area (Å²) in [5.74, 6) is 0.365. The molecule has 2 aliphatic rings. The van der Waals surface area contributed by atoms with Crippen LogP contribution in [0.5, 0.6) is 0 Å². The third-order valence-electron chi connectivity index (χ3n) is 4.98. The molecule has 0 aromatic heterocycles. The molecule has 1 unspecified atom stereocenters. The summed E-state index contributed by atoms with van der Waals surface area (Å²) < 4.78 is 0. The molecule has 1 aromatic rings. The zero-order valence-electron chi connectivity index (χ0n) is 13.3. The minimum Gasteiger partial charge on any atom is -0.304 e. The van der Waals surface area contributed by atoms with Gasteiger partial charge in [-0.1, -0.05) is 18.2 Å². The smallest absolute Gasteiger partial charge is 0.155 e. The van der Waals surface area contributed by atoms with Crippen molar-refractivity contribution in [2.75, 3.05) is 33.7 Å². The average Bonchev–Trinajstić information content (AvgIpc) is 2.84. The monoisotopic (exact) mass is 286 g/mol. The Labute approximate surface area is 127 Å². The number of ketones is 1. The second-order valence-electron chi connectivity index (χ2n) is 6.71. The Hall–Kier alpha value is -1.19. The van der Waals surface area contributed by atoms with Crippen LogP contribution in [0.4, 0.5) is 0 Å². The summed E-state index contributed by atoms with van der Waals surface area (Å²) in [4.78, 5) is 17.2. The zero-order valence-corrected chi connectivity index (χ0v) is 13.3. The van der Waals surface area contributed by atoms with Gasteiger partial charge in [-0.3, -0.25) is 9.69 Å². The molecule has 0 saturated carbocycles. The fourth-order valence-electron chi connectivity index (χ4n) is 3.67. The molecule has 1 aromatic carbocycles. The predicted molar refractivity (Wildman–Crippen MR) is 85.7 cm³/mol. The van der Waals surface area contributed by atoms with Crippen LogP contribution in [0.1, 0.15) is 29.5 Å². The molecule has 3 nitrogen and oxygen atoms in total. The van der Waals surface area contributed by atoms with Gasteiger partial charge >= 0.3 is 0 Å². The van der Waals surface area contributed by atoms with Crippen molar-refractivity contribution in [2.45, 2.75) is 38.1 Å². The number of nitrogens with zero attached hydrogens (tertiary/aromatic N) is 2. The molecule has 1 aliphatic heterocycles. The highest BCUT2D eigenvalue weighted by Crippen LogP contribution is 2.23. The maximum Gasteiger partial charge on any atom is 0.155 e. The number of rotatable bonds is 3. The van der Waals surface area contributed by atoms with Gasteiger partial charge in [-0.2, -0.15) is 0 Å². The molecule has 1 saturated heterocycles. The minimum atomic E-state index is 0.0470. The summed E-state index contributed by atoms with van der Waals surface area (Å²) in [5, 5.41) is 0. The van der Waals surface area contributed by atoms with Crippen LogP contribution in [0, 0.1) is 0 Å². The first-order chi connectivity index (χ1) is 10.1. The molecule has 1 atom stereocenters. The standard InChI is InChI=1S/C18H26N2O/c1-19-9-4-10-20(2)17(13-19)18(21)12-14-7-8-15-5-3-6-16(15)11-14/h7-8,11,17H,3-6,9-10,12-13H2,1-2H3. The van der Waals surface area contributed by atoms with Crippen LogP contribution in [0.2, 0.25) is 0 Å². The van der Waals surface area contributed by atoms with Crippen LogP contribution in [0.15, 0.2) is 18.2 Å². The lowest BCUT2D eigenvalue weighted by Crippen LogP contribution is -2.44. The van der Waals surface area contributed by atoms with E-state index in [1.165, 1.54) is 36.0 Å². The molecule has 1 heterocycles. The lowest BCUT2D eigenvalue weighted by Gasteiger charge is -2.26. The van der Waals surface area contributed by atoms with Gasteiger partial charge in [0.1, 0.15) is 0 Å². The molecule has 114 valence electrons. The molecule has 0 radical (unpaired) electrons. The average molecular weight is 286 g/mol. The molecule has 0 amide bonds. The number of carbonyl (C=O) groups excluding carboxylic acids is 1. The van der Waals surface area contributed by atoms with Gasteiger partial charge in [0.05, 0.1) is 6.04 Å². The van der Waals surface area contributed by atoms with Crippen LogP contribution in [-0.2, 0) is 24.1 Å². The summed E-state index contributed by atoms with van der Waals surface area (Å²) in [6.07, 6.45) is 5.39. The second kappa shape index (κ2) is 6.29. The summed E-state index contributed by atoms with van der Waals surface area (Å²) in [6.45, 7) is 2.97. The van der Waals surface area contributed by atoms with Crippen molar-refractivity contribution >= 4 is 5.78 Å². The Morgan fingerprint density at radius 1 is 1.14 bits per heavy atom. The van der Waals surface area contributed by atoms with E-state index in [9.17, 15) is 4.79 Å². The number of aryl methyl sites for hydroxylation is 2. The molecule has 0 spiro atoms. The van der Waals surface area contributed by atoms with Gasteiger partial charge in [0.15, 0.2) is 5.78 Å². The predicted octanol–water partition coefficient (Wildman–Crippen LogP) is 1.92. The lowest BCUT2D eigenvalue weighted by atomic mass is 9.99. The van der Waals surface area contributed by atoms with Crippen LogP contribution in [0.3, 0.4) is 0 Å². The highest BCUT2D eigenvalue weighted by Gasteiger charge is 2.26. The van der Waals surface area contributed by atoms with Crippen LogP contribution in [-0.4, -0.2) is 55.4 Å². The first kappa shape index (κ1) is 14.7. The minimum absolute atomic E-state index is 0.0470. The van der Waals surface area contributed by atoms with Crippen molar-refractivity contribution < 1.29 is 4.79 Å². The fourth-order valence-corrected chi connectivity index (χ4v) is 3.67. The van der Waals surface area contributed by atoms with Gasteiger partial charge < -0.3 is 4.90 Å². The third-order valence-corrected chi connectivity index (χ3v) is 4.98. The Kier molecular flexibility index (Phi) is 4.41. The van der Waals surface area contributed by atoms with Crippen LogP contribution >= 0.6 is 0 Å². The molecular weight excluding hydrogens is 260 g/mol. The van der Waals surface area contributed by atoms with E-state index in [0.29, 0.717) is 12.2 Å². The highest BCUT2D eigenvalue weighted by atomic mass is 16.1. The van der Waals surface area contributed by atoms with E-state index in [1.807, 2.05) is 0 Å². The quantitative estimate of drug-likeness (QED) is 0.848. The largest absolute Gasteiger partial charge is 0.304 e. The number of benzene rings is 1. The summed E-state index contributed by atoms with van der Waals surface area (Å²) >= 11 is 0. The Morgan fingerprint density at radius 3 is 2.81 bits per heavy atom. The van der Waals surface area contributed by atoms with E-state index in [-0.39, 0.29) is 6.04 Å². The molecule has 1 fully saturated rings. The molecule has 3 heteroatoms. The van der Waals surface area contributed by atoms with Gasteiger partial charge in [-0.05, 0) is 69.6 Å². The third kappa shape index (κ3) is 3.35. The van der Waals surface area contributed by atoms with E-state index in [4.69, 9.17) is 0 Å². The Morgan fingerprint density at radius 2 is 1.95 bits per heavy atom. The van der Waals surface area contributed by atoms with E-state index in [1.54, 1.807) is 0 Å². The second-order valence-corrected chi connectivity index (χ2v) is 6.71. The summed E-state index contributed by atoms with van der Waals surface area (Å²) in [6, 6.07) is 6.70. The number of carbonyl (C=O) groups is 1. The number of hydrogen-bond acceptors (Lipinski definition) is 3. The molecule has 21 heavy (non-hydrogen) atoms.